The maximum Gasteiger partial charge on any atom is 0.266 e. The molecular weight excluding hydrogens is 469 g/mol. The van der Waals surface area contributed by atoms with Gasteiger partial charge < -0.3 is 14.5 Å². The van der Waals surface area contributed by atoms with Crippen LogP contribution in [-0.4, -0.2) is 17.9 Å². The minimum atomic E-state index is -0.510. The van der Waals surface area contributed by atoms with Crippen LogP contribution in [0, 0.1) is 5.41 Å². The molecule has 0 atom stereocenters. The van der Waals surface area contributed by atoms with E-state index in [1.165, 1.54) is 17.4 Å². The zero-order chi connectivity index (χ0) is 23.5. The summed E-state index contributed by atoms with van der Waals surface area (Å²) in [6, 6.07) is 10.6. The van der Waals surface area contributed by atoms with Crippen LogP contribution < -0.4 is 24.2 Å². The molecule has 8 heteroatoms. The fraction of sp³-hybridized carbons (Fsp3) is 0.250. The lowest BCUT2D eigenvalue weighted by Crippen LogP contribution is -2.22. The van der Waals surface area contributed by atoms with E-state index in [1.54, 1.807) is 43.5 Å². The van der Waals surface area contributed by atoms with Gasteiger partial charge in [0.1, 0.15) is 6.61 Å². The monoisotopic (exact) mass is 491 g/mol. The molecule has 0 bridgehead atoms. The van der Waals surface area contributed by atoms with E-state index in [9.17, 15) is 9.59 Å². The van der Waals surface area contributed by atoms with Crippen LogP contribution in [0.4, 0.5) is 0 Å². The van der Waals surface area contributed by atoms with Crippen molar-refractivity contribution in [2.45, 2.75) is 27.4 Å². The Morgan fingerprint density at radius 3 is 2.53 bits per heavy atom. The van der Waals surface area contributed by atoms with Gasteiger partial charge in [-0.1, -0.05) is 56.1 Å². The zero-order valence-electron chi connectivity index (χ0n) is 18.1. The van der Waals surface area contributed by atoms with Crippen molar-refractivity contribution in [1.29, 1.82) is 0 Å². The number of nitrogens with one attached hydrogen (secondary N) is 1. The van der Waals surface area contributed by atoms with Crippen molar-refractivity contribution in [3.8, 4) is 11.5 Å². The van der Waals surface area contributed by atoms with Gasteiger partial charge in [0.2, 0.25) is 0 Å². The fourth-order valence-electron chi connectivity index (χ4n) is 2.70. The number of ether oxygens (including phenoxy) is 2. The number of aromatic amines is 1. The van der Waals surface area contributed by atoms with E-state index in [2.05, 4.69) is 4.98 Å². The maximum absolute atomic E-state index is 12.3. The molecule has 1 N–H and O–H groups in total. The van der Waals surface area contributed by atoms with Gasteiger partial charge in [0, 0.05) is 27.1 Å². The molecule has 1 aromatic heterocycles. The third-order valence-corrected chi connectivity index (χ3v) is 6.12. The van der Waals surface area contributed by atoms with Crippen molar-refractivity contribution in [3.05, 3.63) is 77.1 Å². The minimum Gasteiger partial charge on any atom is -0.493 e. The Hall–Kier alpha value is -2.54. The number of benzene rings is 2. The highest BCUT2D eigenvalue weighted by molar-refractivity contribution is 7.07. The Bertz CT molecular complexity index is 1320. The lowest BCUT2D eigenvalue weighted by Gasteiger charge is -2.12. The van der Waals surface area contributed by atoms with Crippen LogP contribution in [0.25, 0.3) is 12.2 Å². The van der Waals surface area contributed by atoms with Crippen molar-refractivity contribution in [2.24, 2.45) is 5.41 Å². The van der Waals surface area contributed by atoms with Crippen molar-refractivity contribution in [3.63, 3.8) is 0 Å². The van der Waals surface area contributed by atoms with Gasteiger partial charge >= 0.3 is 0 Å². The van der Waals surface area contributed by atoms with Gasteiger partial charge in [0.25, 0.3) is 5.56 Å². The number of halogens is 2. The van der Waals surface area contributed by atoms with E-state index in [0.717, 1.165) is 11.1 Å². The molecule has 0 aliphatic heterocycles. The Morgan fingerprint density at radius 2 is 1.88 bits per heavy atom. The summed E-state index contributed by atoms with van der Waals surface area (Å²) in [7, 11) is 1.55. The molecule has 0 aliphatic carbocycles. The third-order valence-electron chi connectivity index (χ3n) is 4.57. The second kappa shape index (κ2) is 9.94. The molecule has 0 fully saturated rings. The molecule has 0 aliphatic rings. The van der Waals surface area contributed by atoms with Gasteiger partial charge in [-0.15, -0.1) is 11.3 Å². The molecule has 5 nitrogen and oxygen atoms in total. The number of hydrogen-bond donors (Lipinski definition) is 1. The van der Waals surface area contributed by atoms with Crippen LogP contribution in [0.3, 0.4) is 0 Å². The zero-order valence-corrected chi connectivity index (χ0v) is 20.5. The molecule has 3 rings (SSSR count). The number of ketones is 1. The summed E-state index contributed by atoms with van der Waals surface area (Å²) in [5.41, 5.74) is 0.802. The van der Waals surface area contributed by atoms with Crippen LogP contribution >= 0.6 is 34.5 Å². The lowest BCUT2D eigenvalue weighted by atomic mass is 9.91. The van der Waals surface area contributed by atoms with Crippen LogP contribution in [-0.2, 0) is 11.4 Å². The highest BCUT2D eigenvalue weighted by Gasteiger charge is 2.18. The summed E-state index contributed by atoms with van der Waals surface area (Å²) >= 11 is 13.4. The molecule has 168 valence electrons. The first-order valence-electron chi connectivity index (χ1n) is 9.78. The Balaban J connectivity index is 1.86. The predicted molar refractivity (Wildman–Crippen MR) is 130 cm³/mol. The molecule has 1 heterocycles. The first-order chi connectivity index (χ1) is 15.1. The smallest absolute Gasteiger partial charge is 0.266 e. The summed E-state index contributed by atoms with van der Waals surface area (Å²) in [6.45, 7) is 5.76. The summed E-state index contributed by atoms with van der Waals surface area (Å²) < 4.78 is 12.3. The number of carbonyl (C=O) groups is 1. The van der Waals surface area contributed by atoms with Gasteiger partial charge in [-0.25, -0.2) is 0 Å². The van der Waals surface area contributed by atoms with Gasteiger partial charge in [0.05, 0.1) is 16.3 Å². The van der Waals surface area contributed by atoms with Crippen molar-refractivity contribution in [2.75, 3.05) is 7.11 Å². The first kappa shape index (κ1) is 24.1. The molecule has 2 aromatic carbocycles. The molecule has 0 unspecified atom stereocenters. The molecule has 32 heavy (non-hydrogen) atoms. The van der Waals surface area contributed by atoms with Crippen molar-refractivity contribution < 1.29 is 14.3 Å². The number of carbonyl (C=O) groups excluding carboxylic acids is 1. The molecule has 0 radical (unpaired) electrons. The summed E-state index contributed by atoms with van der Waals surface area (Å²) in [6.07, 6.45) is 3.22. The molecule has 0 amide bonds. The Morgan fingerprint density at radius 1 is 1.12 bits per heavy atom. The molecular formula is C24H23Cl2NO4S. The van der Waals surface area contributed by atoms with Crippen LogP contribution in [0.2, 0.25) is 10.0 Å². The summed E-state index contributed by atoms with van der Waals surface area (Å²) in [4.78, 5) is 27.3. The van der Waals surface area contributed by atoms with E-state index in [4.69, 9.17) is 32.7 Å². The predicted octanol–water partition coefficient (Wildman–Crippen LogP) is 4.56. The normalized spacial score (nSPS) is 12.8. The average Bonchev–Trinajstić information content (AvgIpc) is 3.05. The second-order valence-corrected chi connectivity index (χ2v) is 10.0. The summed E-state index contributed by atoms with van der Waals surface area (Å²) in [5.74, 6) is 1.01. The highest BCUT2D eigenvalue weighted by Crippen LogP contribution is 2.30. The standard InChI is InChI=1S/C24H23Cl2NO4S/c1-24(2,3)21(28)12-22-27-23(29)20(32-22)10-14-5-8-18(19(9-14)30-4)31-13-15-6-7-16(25)11-17(15)26/h5-12H,13H2,1-4H3,(H,27,29)/b20-10-,22-12-. The van der Waals surface area contributed by atoms with Crippen molar-refractivity contribution in [1.82, 2.24) is 4.98 Å². The van der Waals surface area contributed by atoms with Crippen molar-refractivity contribution >= 4 is 52.5 Å². The Labute approximate surface area is 199 Å². The van der Waals surface area contributed by atoms with Crippen LogP contribution in [0.5, 0.6) is 11.5 Å². The van der Waals surface area contributed by atoms with Crippen LogP contribution in [0.1, 0.15) is 31.9 Å². The SMILES string of the molecule is COc1cc(/C=c2\s/c(=C\C(=O)C(C)(C)C)[nH]c2=O)ccc1OCc1ccc(Cl)cc1Cl. The topological polar surface area (TPSA) is 68.4 Å². The van der Waals surface area contributed by atoms with Gasteiger partial charge in [0.15, 0.2) is 17.3 Å². The van der Waals surface area contributed by atoms with Gasteiger partial charge in [-0.3, -0.25) is 9.59 Å². The van der Waals surface area contributed by atoms with Gasteiger partial charge in [-0.2, -0.15) is 0 Å². The van der Waals surface area contributed by atoms with E-state index in [-0.39, 0.29) is 17.9 Å². The maximum atomic E-state index is 12.3. The molecule has 3 aromatic rings. The largest absolute Gasteiger partial charge is 0.493 e. The number of H-pyrrole nitrogens is 1. The third kappa shape index (κ3) is 6.03. The fourth-order valence-corrected chi connectivity index (χ4v) is 4.05. The van der Waals surface area contributed by atoms with E-state index >= 15 is 0 Å². The number of hydrogen-bond acceptors (Lipinski definition) is 5. The minimum absolute atomic E-state index is 0.0505. The van der Waals surface area contributed by atoms with E-state index < -0.39 is 5.41 Å². The van der Waals surface area contributed by atoms with Gasteiger partial charge in [-0.05, 0) is 35.9 Å². The number of Topliss-reactive ketones (excluding diaryl/α,β-unsaturated/α-hetero) is 1. The number of rotatable bonds is 6. The Kier molecular flexibility index (Phi) is 7.49. The highest BCUT2D eigenvalue weighted by atomic mass is 35.5. The average molecular weight is 492 g/mol. The van der Waals surface area contributed by atoms with Crippen LogP contribution in [0.15, 0.2) is 41.2 Å². The second-order valence-electron chi connectivity index (χ2n) is 8.12. The quantitative estimate of drug-likeness (QED) is 0.548. The van der Waals surface area contributed by atoms with E-state index in [0.29, 0.717) is 30.7 Å². The summed E-state index contributed by atoms with van der Waals surface area (Å²) in [5, 5.41) is 1.08. The molecule has 0 spiro atoms. The number of thiazole rings is 1. The first-order valence-corrected chi connectivity index (χ1v) is 11.4. The molecule has 0 saturated carbocycles. The molecule has 0 saturated heterocycles. The number of methoxy groups -OCH3 is 1. The van der Waals surface area contributed by atoms with E-state index in [1.807, 2.05) is 26.8 Å². The number of aromatic nitrogens is 1. The lowest BCUT2D eigenvalue weighted by molar-refractivity contribution is -0.119.